The minimum absolute atomic E-state index is 0.685. The molecule has 0 atom stereocenters. The molecule has 3 rings (SSSR count). The van der Waals surface area contributed by atoms with Gasteiger partial charge in [-0.3, -0.25) is 0 Å². The minimum Gasteiger partial charge on any atom is -0.353 e. The van der Waals surface area contributed by atoms with Crippen molar-refractivity contribution in [1.82, 2.24) is 9.97 Å². The predicted molar refractivity (Wildman–Crippen MR) is 77.0 cm³/mol. The molecule has 0 aromatic carbocycles. The highest BCUT2D eigenvalue weighted by molar-refractivity contribution is 5.59. The van der Waals surface area contributed by atoms with Crippen LogP contribution in [0.4, 0.5) is 11.6 Å². The van der Waals surface area contributed by atoms with E-state index >= 15 is 0 Å². The summed E-state index contributed by atoms with van der Waals surface area (Å²) in [5.74, 6) is 9.19. The number of nitrogens with one attached hydrogen (secondary N) is 1. The van der Waals surface area contributed by atoms with E-state index in [2.05, 4.69) is 29.2 Å². The minimum atomic E-state index is 0.685. The summed E-state index contributed by atoms with van der Waals surface area (Å²) in [6.07, 6.45) is 6.17. The Morgan fingerprint density at radius 1 is 1.26 bits per heavy atom. The standard InChI is InChI=1S/C14H23N5/c1-3-12-16-13(18-15)9(2)14(17-12)19(11-6-7-11)8-10-4-5-10/h10-11H,3-8,15H2,1-2H3,(H,16,17,18). The Morgan fingerprint density at radius 2 is 2.00 bits per heavy atom. The van der Waals surface area contributed by atoms with E-state index < -0.39 is 0 Å². The Balaban J connectivity index is 1.95. The van der Waals surface area contributed by atoms with E-state index in [0.29, 0.717) is 6.04 Å². The van der Waals surface area contributed by atoms with Crippen molar-refractivity contribution >= 4 is 11.6 Å². The molecule has 19 heavy (non-hydrogen) atoms. The quantitative estimate of drug-likeness (QED) is 0.605. The molecule has 0 saturated heterocycles. The molecular weight excluding hydrogens is 238 g/mol. The highest BCUT2D eigenvalue weighted by atomic mass is 15.3. The zero-order valence-electron chi connectivity index (χ0n) is 11.8. The third-order valence-corrected chi connectivity index (χ3v) is 4.03. The molecule has 2 aliphatic carbocycles. The van der Waals surface area contributed by atoms with Crippen molar-refractivity contribution in [3.63, 3.8) is 0 Å². The van der Waals surface area contributed by atoms with Crippen LogP contribution in [0.25, 0.3) is 0 Å². The Kier molecular flexibility index (Phi) is 3.31. The molecule has 1 aromatic heterocycles. The summed E-state index contributed by atoms with van der Waals surface area (Å²) in [7, 11) is 0. The molecule has 0 aliphatic heterocycles. The first-order valence-electron chi connectivity index (χ1n) is 7.33. The average Bonchev–Trinajstić information content (AvgIpc) is 3.28. The Labute approximate surface area is 114 Å². The van der Waals surface area contributed by atoms with Crippen LogP contribution < -0.4 is 16.2 Å². The molecule has 0 amide bonds. The summed E-state index contributed by atoms with van der Waals surface area (Å²) >= 11 is 0. The Bertz CT molecular complexity index is 465. The van der Waals surface area contributed by atoms with E-state index in [4.69, 9.17) is 10.8 Å². The van der Waals surface area contributed by atoms with Gasteiger partial charge in [-0.15, -0.1) is 0 Å². The number of hydrazine groups is 1. The smallest absolute Gasteiger partial charge is 0.148 e. The van der Waals surface area contributed by atoms with Crippen LogP contribution in [0, 0.1) is 12.8 Å². The van der Waals surface area contributed by atoms with E-state index in [0.717, 1.165) is 41.9 Å². The normalized spacial score (nSPS) is 18.5. The molecule has 0 radical (unpaired) electrons. The number of aryl methyl sites for hydroxylation is 1. The number of nitrogen functional groups attached to an aromatic ring is 1. The van der Waals surface area contributed by atoms with Gasteiger partial charge in [0.05, 0.1) is 0 Å². The Hall–Kier alpha value is -1.36. The maximum atomic E-state index is 5.59. The van der Waals surface area contributed by atoms with Gasteiger partial charge in [-0.2, -0.15) is 0 Å². The fourth-order valence-electron chi connectivity index (χ4n) is 2.50. The van der Waals surface area contributed by atoms with E-state index in [9.17, 15) is 0 Å². The van der Waals surface area contributed by atoms with Crippen LogP contribution in [0.5, 0.6) is 0 Å². The fraction of sp³-hybridized carbons (Fsp3) is 0.714. The molecule has 0 unspecified atom stereocenters. The van der Waals surface area contributed by atoms with Gasteiger partial charge in [0.1, 0.15) is 17.5 Å². The molecule has 104 valence electrons. The second-order valence-corrected chi connectivity index (χ2v) is 5.76. The van der Waals surface area contributed by atoms with Crippen LogP contribution in [0.2, 0.25) is 0 Å². The van der Waals surface area contributed by atoms with Gasteiger partial charge in [0.2, 0.25) is 0 Å². The summed E-state index contributed by atoms with van der Waals surface area (Å²) < 4.78 is 0. The van der Waals surface area contributed by atoms with Gasteiger partial charge in [0, 0.05) is 24.6 Å². The van der Waals surface area contributed by atoms with Crippen LogP contribution in [-0.2, 0) is 6.42 Å². The van der Waals surface area contributed by atoms with Crippen molar-refractivity contribution in [2.24, 2.45) is 11.8 Å². The van der Waals surface area contributed by atoms with Crippen molar-refractivity contribution < 1.29 is 0 Å². The summed E-state index contributed by atoms with van der Waals surface area (Å²) in [5.41, 5.74) is 3.79. The number of aromatic nitrogens is 2. The number of nitrogens with zero attached hydrogens (tertiary/aromatic N) is 3. The Morgan fingerprint density at radius 3 is 2.53 bits per heavy atom. The van der Waals surface area contributed by atoms with Crippen LogP contribution in [0.1, 0.15) is 44.0 Å². The first-order chi connectivity index (χ1) is 9.22. The monoisotopic (exact) mass is 261 g/mol. The van der Waals surface area contributed by atoms with Crippen LogP contribution in [-0.4, -0.2) is 22.6 Å². The molecule has 2 aliphatic rings. The summed E-state index contributed by atoms with van der Waals surface area (Å²) in [6.45, 7) is 5.29. The van der Waals surface area contributed by atoms with E-state index in [1.807, 2.05) is 0 Å². The maximum Gasteiger partial charge on any atom is 0.148 e. The van der Waals surface area contributed by atoms with Crippen molar-refractivity contribution in [2.45, 2.75) is 52.0 Å². The zero-order chi connectivity index (χ0) is 13.4. The van der Waals surface area contributed by atoms with Crippen LogP contribution in [0.3, 0.4) is 0 Å². The van der Waals surface area contributed by atoms with Crippen molar-refractivity contribution in [3.8, 4) is 0 Å². The van der Waals surface area contributed by atoms with Crippen LogP contribution >= 0.6 is 0 Å². The highest BCUT2D eigenvalue weighted by Crippen LogP contribution is 2.38. The zero-order valence-corrected chi connectivity index (χ0v) is 11.8. The van der Waals surface area contributed by atoms with Crippen molar-refractivity contribution in [2.75, 3.05) is 16.9 Å². The first kappa shape index (κ1) is 12.7. The molecule has 1 heterocycles. The molecule has 1 aromatic rings. The second kappa shape index (κ2) is 4.96. The highest BCUT2D eigenvalue weighted by Gasteiger charge is 2.35. The molecule has 3 N–H and O–H groups in total. The fourth-order valence-corrected chi connectivity index (χ4v) is 2.50. The summed E-state index contributed by atoms with van der Waals surface area (Å²) in [4.78, 5) is 11.7. The third-order valence-electron chi connectivity index (χ3n) is 4.03. The van der Waals surface area contributed by atoms with Crippen molar-refractivity contribution in [3.05, 3.63) is 11.4 Å². The van der Waals surface area contributed by atoms with Crippen LogP contribution in [0.15, 0.2) is 0 Å². The topological polar surface area (TPSA) is 67.1 Å². The molecule has 2 saturated carbocycles. The molecule has 0 spiro atoms. The SMILES string of the molecule is CCc1nc(NN)c(C)c(N(CC2CC2)C2CC2)n1. The summed E-state index contributed by atoms with van der Waals surface area (Å²) in [6, 6.07) is 0.685. The number of nitrogens with two attached hydrogens (primary N) is 1. The van der Waals surface area contributed by atoms with Gasteiger partial charge in [-0.1, -0.05) is 6.92 Å². The van der Waals surface area contributed by atoms with E-state index in [-0.39, 0.29) is 0 Å². The number of hydrogen-bond donors (Lipinski definition) is 2. The number of hydrogen-bond acceptors (Lipinski definition) is 5. The summed E-state index contributed by atoms with van der Waals surface area (Å²) in [5, 5.41) is 0. The lowest BCUT2D eigenvalue weighted by Crippen LogP contribution is -2.30. The number of anilines is 2. The molecule has 5 heteroatoms. The lowest BCUT2D eigenvalue weighted by Gasteiger charge is -2.26. The van der Waals surface area contributed by atoms with Gasteiger partial charge < -0.3 is 10.3 Å². The number of rotatable bonds is 6. The van der Waals surface area contributed by atoms with Crippen molar-refractivity contribution in [1.29, 1.82) is 0 Å². The van der Waals surface area contributed by atoms with E-state index in [1.165, 1.54) is 25.7 Å². The van der Waals surface area contributed by atoms with Gasteiger partial charge in [0.15, 0.2) is 0 Å². The van der Waals surface area contributed by atoms with Gasteiger partial charge in [-0.05, 0) is 38.5 Å². The first-order valence-corrected chi connectivity index (χ1v) is 7.33. The molecular formula is C14H23N5. The second-order valence-electron chi connectivity index (χ2n) is 5.76. The molecule has 5 nitrogen and oxygen atoms in total. The lowest BCUT2D eigenvalue weighted by molar-refractivity contribution is 0.700. The third kappa shape index (κ3) is 2.66. The van der Waals surface area contributed by atoms with Gasteiger partial charge >= 0.3 is 0 Å². The molecule has 2 fully saturated rings. The van der Waals surface area contributed by atoms with E-state index in [1.54, 1.807) is 0 Å². The lowest BCUT2D eigenvalue weighted by atomic mass is 10.2. The van der Waals surface area contributed by atoms with Gasteiger partial charge in [0.25, 0.3) is 0 Å². The maximum absolute atomic E-state index is 5.59. The predicted octanol–water partition coefficient (Wildman–Crippen LogP) is 2.01. The largest absolute Gasteiger partial charge is 0.353 e. The van der Waals surface area contributed by atoms with Gasteiger partial charge in [-0.25, -0.2) is 15.8 Å². The molecule has 0 bridgehead atoms. The average molecular weight is 261 g/mol.